The minimum Gasteiger partial charge on any atom is -0.398 e. The van der Waals surface area contributed by atoms with Gasteiger partial charge in [0.25, 0.3) is 0 Å². The van der Waals surface area contributed by atoms with Crippen LogP contribution in [0.25, 0.3) is 0 Å². The molecule has 2 N–H and O–H groups in total. The van der Waals surface area contributed by atoms with Crippen LogP contribution in [0.5, 0.6) is 0 Å². The van der Waals surface area contributed by atoms with Gasteiger partial charge in [-0.25, -0.2) is 0 Å². The molecule has 2 aliphatic carbocycles. The molecule has 2 atom stereocenters. The summed E-state index contributed by atoms with van der Waals surface area (Å²) in [4.78, 5) is 0. The van der Waals surface area contributed by atoms with E-state index in [4.69, 9.17) is 5.73 Å². The Bertz CT molecular complexity index is 452. The van der Waals surface area contributed by atoms with E-state index in [1.54, 1.807) is 5.57 Å². The van der Waals surface area contributed by atoms with Crippen molar-refractivity contribution in [3.8, 4) is 0 Å². The first-order valence-corrected chi connectivity index (χ1v) is 5.75. The van der Waals surface area contributed by atoms with Crippen LogP contribution >= 0.6 is 0 Å². The largest absolute Gasteiger partial charge is 0.398 e. The minimum absolute atomic E-state index is 0.635. The fourth-order valence-electron chi connectivity index (χ4n) is 3.51. The number of hydrogen-bond acceptors (Lipinski definition) is 1. The van der Waals surface area contributed by atoms with Gasteiger partial charge in [0.15, 0.2) is 0 Å². The number of fused-ring (bicyclic) bond motifs is 5. The SMILES string of the molecule is CC(C)=C1C2CCC1c1c(N)cccc12. The molecule has 0 saturated heterocycles. The number of hydrogen-bond donors (Lipinski definition) is 1. The van der Waals surface area contributed by atoms with E-state index in [1.165, 1.54) is 29.5 Å². The van der Waals surface area contributed by atoms with Gasteiger partial charge in [-0.05, 0) is 43.9 Å². The molecule has 78 valence electrons. The normalized spacial score (nSPS) is 26.9. The first-order valence-electron chi connectivity index (χ1n) is 5.75. The zero-order chi connectivity index (χ0) is 10.6. The molecule has 1 nitrogen and oxygen atoms in total. The zero-order valence-electron chi connectivity index (χ0n) is 9.38. The topological polar surface area (TPSA) is 26.0 Å². The standard InChI is InChI=1S/C14H17N/c1-8(2)13-10-6-7-11(13)14-9(10)4-3-5-12(14)15/h3-5,10-11H,6-7,15H2,1-2H3. The van der Waals surface area contributed by atoms with Crippen LogP contribution in [0, 0.1) is 0 Å². The number of rotatable bonds is 0. The van der Waals surface area contributed by atoms with Crippen LogP contribution in [0.2, 0.25) is 0 Å². The van der Waals surface area contributed by atoms with Crippen molar-refractivity contribution in [2.45, 2.75) is 38.5 Å². The van der Waals surface area contributed by atoms with E-state index in [0.717, 1.165) is 5.69 Å². The third kappa shape index (κ3) is 1.04. The first-order chi connectivity index (χ1) is 7.20. The minimum atomic E-state index is 0.635. The van der Waals surface area contributed by atoms with Crippen LogP contribution in [0.4, 0.5) is 5.69 Å². The van der Waals surface area contributed by atoms with Crippen molar-refractivity contribution in [1.82, 2.24) is 0 Å². The molecule has 2 aliphatic rings. The Morgan fingerprint density at radius 3 is 2.60 bits per heavy atom. The molecular weight excluding hydrogens is 182 g/mol. The molecule has 1 aromatic carbocycles. The highest BCUT2D eigenvalue weighted by Gasteiger charge is 2.42. The van der Waals surface area contributed by atoms with Crippen molar-refractivity contribution in [3.63, 3.8) is 0 Å². The Labute approximate surface area is 91.0 Å². The van der Waals surface area contributed by atoms with Crippen molar-refractivity contribution in [2.75, 3.05) is 5.73 Å². The van der Waals surface area contributed by atoms with Gasteiger partial charge in [0.05, 0.1) is 0 Å². The molecule has 0 radical (unpaired) electrons. The molecule has 0 aliphatic heterocycles. The smallest absolute Gasteiger partial charge is 0.0355 e. The fourth-order valence-corrected chi connectivity index (χ4v) is 3.51. The van der Waals surface area contributed by atoms with Crippen LogP contribution in [-0.2, 0) is 0 Å². The number of benzene rings is 1. The van der Waals surface area contributed by atoms with E-state index in [9.17, 15) is 0 Å². The predicted octanol–water partition coefficient (Wildman–Crippen LogP) is 3.58. The summed E-state index contributed by atoms with van der Waals surface area (Å²) >= 11 is 0. The number of anilines is 1. The molecule has 1 saturated carbocycles. The zero-order valence-corrected chi connectivity index (χ0v) is 9.38. The van der Waals surface area contributed by atoms with Crippen molar-refractivity contribution in [3.05, 3.63) is 40.5 Å². The average Bonchev–Trinajstić information content (AvgIpc) is 2.73. The summed E-state index contributed by atoms with van der Waals surface area (Å²) in [6, 6.07) is 6.40. The van der Waals surface area contributed by atoms with Gasteiger partial charge in [0.1, 0.15) is 0 Å². The maximum atomic E-state index is 6.10. The highest BCUT2D eigenvalue weighted by molar-refractivity contribution is 5.64. The Morgan fingerprint density at radius 2 is 1.93 bits per heavy atom. The number of allylic oxidation sites excluding steroid dienone is 2. The van der Waals surface area contributed by atoms with E-state index in [-0.39, 0.29) is 0 Å². The first kappa shape index (κ1) is 9.02. The Hall–Kier alpha value is -1.24. The second-order valence-electron chi connectivity index (χ2n) is 4.99. The van der Waals surface area contributed by atoms with E-state index in [2.05, 4.69) is 26.0 Å². The Morgan fingerprint density at radius 1 is 1.20 bits per heavy atom. The van der Waals surface area contributed by atoms with Crippen molar-refractivity contribution >= 4 is 5.69 Å². The van der Waals surface area contributed by atoms with Gasteiger partial charge in [-0.1, -0.05) is 23.3 Å². The van der Waals surface area contributed by atoms with Crippen molar-refractivity contribution in [2.24, 2.45) is 0 Å². The summed E-state index contributed by atoms with van der Waals surface area (Å²) in [6.07, 6.45) is 2.62. The third-order valence-corrected chi connectivity index (χ3v) is 3.97. The van der Waals surface area contributed by atoms with Crippen LogP contribution in [0.3, 0.4) is 0 Å². The molecule has 0 heterocycles. The molecule has 3 rings (SSSR count). The lowest BCUT2D eigenvalue weighted by Crippen LogP contribution is -2.01. The van der Waals surface area contributed by atoms with E-state index in [1.807, 2.05) is 6.07 Å². The molecule has 0 amide bonds. The number of nitrogens with two attached hydrogens (primary N) is 1. The molecule has 15 heavy (non-hydrogen) atoms. The lowest BCUT2D eigenvalue weighted by molar-refractivity contribution is 0.719. The Kier molecular flexibility index (Phi) is 1.73. The maximum Gasteiger partial charge on any atom is 0.0355 e. The summed E-state index contributed by atoms with van der Waals surface area (Å²) in [5.41, 5.74) is 13.2. The van der Waals surface area contributed by atoms with Gasteiger partial charge in [-0.15, -0.1) is 0 Å². The molecule has 1 fully saturated rings. The number of nitrogen functional groups attached to an aromatic ring is 1. The van der Waals surface area contributed by atoms with Crippen LogP contribution in [-0.4, -0.2) is 0 Å². The highest BCUT2D eigenvalue weighted by atomic mass is 14.6. The fraction of sp³-hybridized carbons (Fsp3) is 0.429. The van der Waals surface area contributed by atoms with Gasteiger partial charge >= 0.3 is 0 Å². The van der Waals surface area contributed by atoms with E-state index >= 15 is 0 Å². The molecule has 0 spiro atoms. The monoisotopic (exact) mass is 199 g/mol. The average molecular weight is 199 g/mol. The Balaban J connectivity index is 2.26. The molecule has 1 heteroatoms. The summed E-state index contributed by atoms with van der Waals surface area (Å²) in [5, 5.41) is 0. The second-order valence-corrected chi connectivity index (χ2v) is 4.99. The van der Waals surface area contributed by atoms with Gasteiger partial charge in [0, 0.05) is 17.5 Å². The highest BCUT2D eigenvalue weighted by Crippen LogP contribution is 2.59. The quantitative estimate of drug-likeness (QED) is 0.501. The second kappa shape index (κ2) is 2.88. The summed E-state index contributed by atoms with van der Waals surface area (Å²) in [7, 11) is 0. The lowest BCUT2D eigenvalue weighted by atomic mass is 9.91. The van der Waals surface area contributed by atoms with Gasteiger partial charge in [-0.2, -0.15) is 0 Å². The van der Waals surface area contributed by atoms with Gasteiger partial charge in [-0.3, -0.25) is 0 Å². The molecule has 1 aromatic rings. The third-order valence-electron chi connectivity index (χ3n) is 3.97. The summed E-state index contributed by atoms with van der Waals surface area (Å²) in [5.74, 6) is 1.31. The summed E-state index contributed by atoms with van der Waals surface area (Å²) in [6.45, 7) is 4.48. The lowest BCUT2D eigenvalue weighted by Gasteiger charge is -2.15. The van der Waals surface area contributed by atoms with Crippen LogP contribution in [0.15, 0.2) is 29.3 Å². The van der Waals surface area contributed by atoms with Crippen LogP contribution in [0.1, 0.15) is 49.7 Å². The predicted molar refractivity (Wildman–Crippen MR) is 63.9 cm³/mol. The van der Waals surface area contributed by atoms with Crippen molar-refractivity contribution < 1.29 is 0 Å². The van der Waals surface area contributed by atoms with Crippen molar-refractivity contribution in [1.29, 1.82) is 0 Å². The maximum absolute atomic E-state index is 6.10. The molecular formula is C14H17N. The van der Waals surface area contributed by atoms with Crippen LogP contribution < -0.4 is 5.73 Å². The molecule has 2 bridgehead atoms. The van der Waals surface area contributed by atoms with Gasteiger partial charge in [0.2, 0.25) is 0 Å². The van der Waals surface area contributed by atoms with Gasteiger partial charge < -0.3 is 5.73 Å². The van der Waals surface area contributed by atoms with E-state index < -0.39 is 0 Å². The van der Waals surface area contributed by atoms with E-state index in [0.29, 0.717) is 11.8 Å². The molecule has 0 aromatic heterocycles. The molecule has 2 unspecified atom stereocenters. The summed E-state index contributed by atoms with van der Waals surface area (Å²) < 4.78 is 0.